The van der Waals surface area contributed by atoms with Gasteiger partial charge in [0.2, 0.25) is 5.82 Å². The Labute approximate surface area is 108 Å². The van der Waals surface area contributed by atoms with Gasteiger partial charge in [0, 0.05) is 31.1 Å². The van der Waals surface area contributed by atoms with E-state index in [9.17, 15) is 10.1 Å². The molecule has 0 aliphatic rings. The zero-order chi connectivity index (χ0) is 13.7. The second-order valence-corrected chi connectivity index (χ2v) is 3.68. The summed E-state index contributed by atoms with van der Waals surface area (Å²) in [5.41, 5.74) is 0.602. The minimum Gasteiger partial charge on any atom is -0.364 e. The first-order valence-corrected chi connectivity index (χ1v) is 5.47. The van der Waals surface area contributed by atoms with E-state index >= 15 is 0 Å². The molecule has 0 aliphatic carbocycles. The van der Waals surface area contributed by atoms with Gasteiger partial charge >= 0.3 is 5.69 Å². The lowest BCUT2D eigenvalue weighted by Gasteiger charge is -2.05. The van der Waals surface area contributed by atoms with Crippen molar-refractivity contribution in [2.75, 3.05) is 11.9 Å². The number of imidazole rings is 1. The van der Waals surface area contributed by atoms with Crippen LogP contribution in [0.1, 0.15) is 11.3 Å². The number of hydrogen-bond acceptors (Lipinski definition) is 6. The highest BCUT2D eigenvalue weighted by Crippen LogP contribution is 2.25. The zero-order valence-corrected chi connectivity index (χ0v) is 9.83. The van der Waals surface area contributed by atoms with Gasteiger partial charge in [0.05, 0.1) is 11.3 Å². The monoisotopic (exact) mass is 258 g/mol. The highest BCUT2D eigenvalue weighted by Gasteiger charge is 2.20. The highest BCUT2D eigenvalue weighted by atomic mass is 16.6. The highest BCUT2D eigenvalue weighted by molar-refractivity contribution is 5.64. The molecule has 8 heteroatoms. The fourth-order valence-corrected chi connectivity index (χ4v) is 1.60. The Morgan fingerprint density at radius 3 is 3.05 bits per heavy atom. The first-order chi connectivity index (χ1) is 9.22. The van der Waals surface area contributed by atoms with E-state index < -0.39 is 4.92 Å². The van der Waals surface area contributed by atoms with Gasteiger partial charge in [-0.25, -0.2) is 9.97 Å². The number of rotatable bonds is 5. The Morgan fingerprint density at radius 2 is 2.42 bits per heavy atom. The van der Waals surface area contributed by atoms with Gasteiger partial charge in [0.1, 0.15) is 11.6 Å². The number of pyridine rings is 1. The van der Waals surface area contributed by atoms with Crippen molar-refractivity contribution in [3.63, 3.8) is 0 Å². The lowest BCUT2D eigenvalue weighted by atomic mass is 10.2. The first kappa shape index (κ1) is 12.5. The molecule has 0 amide bonds. The SMILES string of the molecule is N#Cc1ccnc(NCCc2cnc[nH]2)c1[N+](=O)[O-]. The average molecular weight is 258 g/mol. The number of nitrogens with one attached hydrogen (secondary N) is 2. The van der Waals surface area contributed by atoms with Crippen LogP contribution < -0.4 is 5.32 Å². The third kappa shape index (κ3) is 2.84. The van der Waals surface area contributed by atoms with Gasteiger partial charge in [-0.1, -0.05) is 0 Å². The molecule has 96 valence electrons. The molecule has 2 rings (SSSR count). The molecule has 2 heterocycles. The fraction of sp³-hybridized carbons (Fsp3) is 0.182. The predicted molar refractivity (Wildman–Crippen MR) is 66.4 cm³/mol. The van der Waals surface area contributed by atoms with Crippen molar-refractivity contribution in [3.05, 3.63) is 46.2 Å². The smallest absolute Gasteiger partial charge is 0.328 e. The summed E-state index contributed by atoms with van der Waals surface area (Å²) in [4.78, 5) is 21.0. The molecule has 0 atom stereocenters. The van der Waals surface area contributed by atoms with E-state index in [0.717, 1.165) is 5.69 Å². The van der Waals surface area contributed by atoms with E-state index in [2.05, 4.69) is 20.3 Å². The van der Waals surface area contributed by atoms with Gasteiger partial charge in [-0.3, -0.25) is 10.1 Å². The van der Waals surface area contributed by atoms with Crippen LogP contribution in [0.3, 0.4) is 0 Å². The Hall–Kier alpha value is -2.95. The maximum Gasteiger partial charge on any atom is 0.328 e. The van der Waals surface area contributed by atoms with E-state index in [-0.39, 0.29) is 17.1 Å². The Kier molecular flexibility index (Phi) is 3.68. The Balaban J connectivity index is 2.12. The van der Waals surface area contributed by atoms with Crippen LogP contribution in [0.5, 0.6) is 0 Å². The predicted octanol–water partition coefficient (Wildman–Crippen LogP) is 1.24. The van der Waals surface area contributed by atoms with E-state index in [1.807, 2.05) is 0 Å². The summed E-state index contributed by atoms with van der Waals surface area (Å²) in [6, 6.07) is 3.10. The van der Waals surface area contributed by atoms with Crippen LogP contribution in [0.15, 0.2) is 24.8 Å². The molecular weight excluding hydrogens is 248 g/mol. The van der Waals surface area contributed by atoms with Crippen LogP contribution >= 0.6 is 0 Å². The number of nitro groups is 1. The van der Waals surface area contributed by atoms with Crippen molar-refractivity contribution in [1.29, 1.82) is 5.26 Å². The molecule has 0 spiro atoms. The van der Waals surface area contributed by atoms with E-state index in [1.54, 1.807) is 18.6 Å². The zero-order valence-electron chi connectivity index (χ0n) is 9.83. The van der Waals surface area contributed by atoms with Crippen molar-refractivity contribution < 1.29 is 4.92 Å². The largest absolute Gasteiger partial charge is 0.364 e. The lowest BCUT2D eigenvalue weighted by Crippen LogP contribution is -2.09. The topological polar surface area (TPSA) is 121 Å². The number of nitriles is 1. The number of anilines is 1. The summed E-state index contributed by atoms with van der Waals surface area (Å²) in [5.74, 6) is 0.101. The normalized spacial score (nSPS) is 9.84. The molecule has 2 aromatic heterocycles. The van der Waals surface area contributed by atoms with Crippen LogP contribution in [-0.2, 0) is 6.42 Å². The number of aromatic nitrogens is 3. The Morgan fingerprint density at radius 1 is 1.58 bits per heavy atom. The summed E-state index contributed by atoms with van der Waals surface area (Å²) >= 11 is 0. The summed E-state index contributed by atoms with van der Waals surface area (Å²) in [6.07, 6.45) is 5.22. The summed E-state index contributed by atoms with van der Waals surface area (Å²) < 4.78 is 0. The quantitative estimate of drug-likeness (QED) is 0.614. The number of nitrogens with zero attached hydrogens (tertiary/aromatic N) is 4. The van der Waals surface area contributed by atoms with Crippen LogP contribution in [0.4, 0.5) is 11.5 Å². The third-order valence-corrected chi connectivity index (χ3v) is 2.47. The number of aromatic amines is 1. The molecule has 0 aliphatic heterocycles. The van der Waals surface area contributed by atoms with Gasteiger partial charge in [0.25, 0.3) is 0 Å². The van der Waals surface area contributed by atoms with E-state index in [4.69, 9.17) is 5.26 Å². The number of hydrogen-bond donors (Lipinski definition) is 2. The van der Waals surface area contributed by atoms with Crippen molar-refractivity contribution in [3.8, 4) is 6.07 Å². The molecule has 0 unspecified atom stereocenters. The summed E-state index contributed by atoms with van der Waals surface area (Å²) in [6.45, 7) is 0.449. The van der Waals surface area contributed by atoms with Crippen molar-refractivity contribution in [2.45, 2.75) is 6.42 Å². The van der Waals surface area contributed by atoms with E-state index in [0.29, 0.717) is 13.0 Å². The average Bonchev–Trinajstić information content (AvgIpc) is 2.91. The van der Waals surface area contributed by atoms with Crippen LogP contribution in [0.2, 0.25) is 0 Å². The minimum absolute atomic E-state index is 0.0101. The molecule has 0 bridgehead atoms. The standard InChI is InChI=1S/C11H10N6O2/c12-5-8-1-3-14-11(10(8)17(18)19)15-4-2-9-6-13-7-16-9/h1,3,6-7H,2,4H2,(H,13,16)(H,14,15). The molecule has 19 heavy (non-hydrogen) atoms. The maximum absolute atomic E-state index is 11.0. The van der Waals surface area contributed by atoms with Crippen LogP contribution in [-0.4, -0.2) is 26.4 Å². The first-order valence-electron chi connectivity index (χ1n) is 5.47. The van der Waals surface area contributed by atoms with E-state index in [1.165, 1.54) is 12.3 Å². The van der Waals surface area contributed by atoms with Gasteiger partial charge in [0.15, 0.2) is 0 Å². The molecule has 8 nitrogen and oxygen atoms in total. The molecule has 2 aromatic rings. The van der Waals surface area contributed by atoms with Gasteiger partial charge < -0.3 is 10.3 Å². The fourth-order valence-electron chi connectivity index (χ4n) is 1.60. The molecular formula is C11H10N6O2. The third-order valence-electron chi connectivity index (χ3n) is 2.47. The molecule has 0 saturated heterocycles. The second-order valence-electron chi connectivity index (χ2n) is 3.68. The lowest BCUT2D eigenvalue weighted by molar-refractivity contribution is -0.384. The summed E-state index contributed by atoms with van der Waals surface area (Å²) in [7, 11) is 0. The van der Waals surface area contributed by atoms with Gasteiger partial charge in [-0.2, -0.15) is 5.26 Å². The summed E-state index contributed by atoms with van der Waals surface area (Å²) in [5, 5.41) is 22.7. The van der Waals surface area contributed by atoms with Crippen LogP contribution in [0.25, 0.3) is 0 Å². The van der Waals surface area contributed by atoms with Crippen molar-refractivity contribution in [1.82, 2.24) is 15.0 Å². The van der Waals surface area contributed by atoms with Gasteiger partial charge in [-0.15, -0.1) is 0 Å². The van der Waals surface area contributed by atoms with Gasteiger partial charge in [-0.05, 0) is 6.07 Å². The number of H-pyrrole nitrogens is 1. The Bertz CT molecular complexity index is 617. The second kappa shape index (κ2) is 5.59. The minimum atomic E-state index is -0.607. The molecule has 2 N–H and O–H groups in total. The van der Waals surface area contributed by atoms with Crippen molar-refractivity contribution >= 4 is 11.5 Å². The molecule has 0 aromatic carbocycles. The molecule has 0 radical (unpaired) electrons. The molecule has 0 fully saturated rings. The maximum atomic E-state index is 11.0. The van der Waals surface area contributed by atoms with Crippen LogP contribution in [0, 0.1) is 21.4 Å². The van der Waals surface area contributed by atoms with Crippen molar-refractivity contribution in [2.24, 2.45) is 0 Å². The molecule has 0 saturated carbocycles.